The normalized spacial score (nSPS) is 11.7. The van der Waals surface area contributed by atoms with Crippen molar-refractivity contribution < 1.29 is 14.3 Å². The minimum absolute atomic E-state index is 0.172. The van der Waals surface area contributed by atoms with Gasteiger partial charge < -0.3 is 14.0 Å². The summed E-state index contributed by atoms with van der Waals surface area (Å²) < 4.78 is 14.1. The van der Waals surface area contributed by atoms with Crippen LogP contribution >= 0.6 is 11.3 Å². The van der Waals surface area contributed by atoms with Gasteiger partial charge in [-0.3, -0.25) is 4.79 Å². The smallest absolute Gasteiger partial charge is 0.252 e. The highest BCUT2D eigenvalue weighted by Crippen LogP contribution is 2.26. The molecule has 0 saturated carbocycles. The van der Waals surface area contributed by atoms with Crippen molar-refractivity contribution >= 4 is 27.5 Å². The van der Waals surface area contributed by atoms with Crippen LogP contribution in [0.3, 0.4) is 0 Å². The zero-order chi connectivity index (χ0) is 18.5. The number of hydrogen-bond donors (Lipinski definition) is 0. The topological polar surface area (TPSA) is 52.8 Å². The van der Waals surface area contributed by atoms with E-state index in [1.165, 1.54) is 11.3 Å². The van der Waals surface area contributed by atoms with Crippen LogP contribution < -0.4 is 14.3 Å². The van der Waals surface area contributed by atoms with E-state index in [1.807, 2.05) is 67.9 Å². The number of rotatable bonds is 6. The van der Waals surface area contributed by atoms with E-state index in [-0.39, 0.29) is 12.3 Å². The Morgan fingerprint density at radius 2 is 1.81 bits per heavy atom. The molecule has 136 valence electrons. The number of fused-ring (bicyclic) bond motifs is 1. The van der Waals surface area contributed by atoms with Gasteiger partial charge in [0, 0.05) is 7.05 Å². The summed E-state index contributed by atoms with van der Waals surface area (Å²) in [5, 5.41) is 0. The molecule has 5 nitrogen and oxygen atoms in total. The third-order valence-electron chi connectivity index (χ3n) is 3.90. The maximum atomic E-state index is 12.4. The van der Waals surface area contributed by atoms with E-state index in [0.717, 1.165) is 27.3 Å². The van der Waals surface area contributed by atoms with E-state index in [0.29, 0.717) is 18.0 Å². The Balaban J connectivity index is 1.86. The molecule has 0 N–H and O–H groups in total. The SMILES string of the molecule is CCOc1ccc(CC(=O)N=c2sc3cccc(OCC)c3n2C)cc1. The molecule has 3 aromatic rings. The number of hydrogen-bond acceptors (Lipinski definition) is 4. The summed E-state index contributed by atoms with van der Waals surface area (Å²) in [6.45, 7) is 5.12. The summed E-state index contributed by atoms with van der Waals surface area (Å²) in [6.07, 6.45) is 0.263. The van der Waals surface area contributed by atoms with E-state index >= 15 is 0 Å². The molecule has 1 aromatic heterocycles. The van der Waals surface area contributed by atoms with Gasteiger partial charge in [-0.15, -0.1) is 0 Å². The number of aryl methyl sites for hydroxylation is 1. The first-order valence-electron chi connectivity index (χ1n) is 8.63. The van der Waals surface area contributed by atoms with Crippen LogP contribution in [0.1, 0.15) is 19.4 Å². The Hall–Kier alpha value is -2.60. The summed E-state index contributed by atoms with van der Waals surface area (Å²) in [4.78, 5) is 17.4. The lowest BCUT2D eigenvalue weighted by Crippen LogP contribution is -2.14. The summed E-state index contributed by atoms with van der Waals surface area (Å²) in [5.41, 5.74) is 1.88. The van der Waals surface area contributed by atoms with Crippen LogP contribution in [-0.2, 0) is 18.3 Å². The van der Waals surface area contributed by atoms with Crippen molar-refractivity contribution in [1.82, 2.24) is 4.57 Å². The number of thiazole rings is 1. The van der Waals surface area contributed by atoms with Crippen LogP contribution in [0.15, 0.2) is 47.5 Å². The van der Waals surface area contributed by atoms with Crippen LogP contribution in [0, 0.1) is 0 Å². The lowest BCUT2D eigenvalue weighted by Gasteiger charge is -2.05. The Bertz CT molecular complexity index is 971. The number of amides is 1. The monoisotopic (exact) mass is 370 g/mol. The minimum Gasteiger partial charge on any atom is -0.494 e. The number of carbonyl (C=O) groups is 1. The first-order chi connectivity index (χ1) is 12.6. The van der Waals surface area contributed by atoms with Gasteiger partial charge >= 0.3 is 0 Å². The molecule has 26 heavy (non-hydrogen) atoms. The summed E-state index contributed by atoms with van der Waals surface area (Å²) in [6, 6.07) is 13.4. The Labute approximate surface area is 156 Å². The zero-order valence-corrected chi connectivity index (χ0v) is 16.0. The molecule has 1 amide bonds. The largest absolute Gasteiger partial charge is 0.494 e. The summed E-state index contributed by atoms with van der Waals surface area (Å²) in [7, 11) is 1.91. The lowest BCUT2D eigenvalue weighted by atomic mass is 10.1. The maximum Gasteiger partial charge on any atom is 0.252 e. The van der Waals surface area contributed by atoms with Crippen LogP contribution in [0.4, 0.5) is 0 Å². The molecule has 0 spiro atoms. The highest BCUT2D eigenvalue weighted by Gasteiger charge is 2.10. The average molecular weight is 370 g/mol. The fraction of sp³-hybridized carbons (Fsp3) is 0.300. The molecule has 0 atom stereocenters. The number of carbonyl (C=O) groups excluding carboxylic acids is 1. The zero-order valence-electron chi connectivity index (χ0n) is 15.2. The fourth-order valence-electron chi connectivity index (χ4n) is 2.74. The van der Waals surface area contributed by atoms with Gasteiger partial charge in [0.25, 0.3) is 5.91 Å². The number of para-hydroxylation sites is 1. The second-order valence-corrected chi connectivity index (χ2v) is 6.75. The Kier molecular flexibility index (Phi) is 5.73. The van der Waals surface area contributed by atoms with E-state index in [4.69, 9.17) is 9.47 Å². The predicted molar refractivity (Wildman–Crippen MR) is 104 cm³/mol. The molecule has 0 aliphatic rings. The van der Waals surface area contributed by atoms with E-state index in [1.54, 1.807) is 0 Å². The minimum atomic E-state index is -0.172. The van der Waals surface area contributed by atoms with Crippen molar-refractivity contribution in [1.29, 1.82) is 0 Å². The van der Waals surface area contributed by atoms with Crippen molar-refractivity contribution in [3.05, 3.63) is 52.8 Å². The molecule has 0 fully saturated rings. The first kappa shape index (κ1) is 18.2. The van der Waals surface area contributed by atoms with Gasteiger partial charge in [-0.25, -0.2) is 0 Å². The van der Waals surface area contributed by atoms with Gasteiger partial charge in [0.05, 0.1) is 24.3 Å². The van der Waals surface area contributed by atoms with Crippen molar-refractivity contribution in [3.63, 3.8) is 0 Å². The van der Waals surface area contributed by atoms with Gasteiger partial charge in [-0.1, -0.05) is 29.5 Å². The van der Waals surface area contributed by atoms with Crippen molar-refractivity contribution in [2.45, 2.75) is 20.3 Å². The Morgan fingerprint density at radius 1 is 1.08 bits per heavy atom. The number of benzene rings is 2. The predicted octanol–water partition coefficient (Wildman–Crippen LogP) is 3.71. The molecule has 0 bridgehead atoms. The molecule has 3 rings (SSSR count). The van der Waals surface area contributed by atoms with Gasteiger partial charge in [-0.05, 0) is 43.7 Å². The lowest BCUT2D eigenvalue weighted by molar-refractivity contribution is -0.117. The number of nitrogens with zero attached hydrogens (tertiary/aromatic N) is 2. The van der Waals surface area contributed by atoms with E-state index in [9.17, 15) is 4.79 Å². The molecular weight excluding hydrogens is 348 g/mol. The molecule has 0 unspecified atom stereocenters. The molecule has 0 saturated heterocycles. The van der Waals surface area contributed by atoms with Gasteiger partial charge in [0.1, 0.15) is 17.0 Å². The molecular formula is C20H22N2O3S. The van der Waals surface area contributed by atoms with Gasteiger partial charge in [-0.2, -0.15) is 4.99 Å². The molecule has 0 aliphatic carbocycles. The van der Waals surface area contributed by atoms with Crippen molar-refractivity contribution in [2.24, 2.45) is 12.0 Å². The maximum absolute atomic E-state index is 12.4. The van der Waals surface area contributed by atoms with Gasteiger partial charge in [0.15, 0.2) is 4.80 Å². The summed E-state index contributed by atoms with van der Waals surface area (Å²) in [5.74, 6) is 1.44. The second kappa shape index (κ2) is 8.19. The van der Waals surface area contributed by atoms with Crippen LogP contribution in [0.5, 0.6) is 11.5 Å². The highest BCUT2D eigenvalue weighted by molar-refractivity contribution is 7.16. The number of ether oxygens (including phenoxy) is 2. The third-order valence-corrected chi connectivity index (χ3v) is 4.99. The molecule has 6 heteroatoms. The molecule has 1 heterocycles. The number of aromatic nitrogens is 1. The standard InChI is InChI=1S/C20H22N2O3S/c1-4-24-15-11-9-14(10-12-15)13-18(23)21-20-22(3)19-16(25-5-2)7-6-8-17(19)26-20/h6-12H,4-5,13H2,1-3H3. The van der Waals surface area contributed by atoms with Crippen LogP contribution in [-0.4, -0.2) is 23.7 Å². The van der Waals surface area contributed by atoms with Crippen molar-refractivity contribution in [3.8, 4) is 11.5 Å². The van der Waals surface area contributed by atoms with Crippen LogP contribution in [0.25, 0.3) is 10.2 Å². The van der Waals surface area contributed by atoms with E-state index < -0.39 is 0 Å². The highest BCUT2D eigenvalue weighted by atomic mass is 32.1. The molecule has 0 aliphatic heterocycles. The molecule has 2 aromatic carbocycles. The quantitative estimate of drug-likeness (QED) is 0.665. The average Bonchev–Trinajstić information content (AvgIpc) is 2.94. The van der Waals surface area contributed by atoms with Gasteiger partial charge in [0.2, 0.25) is 0 Å². The second-order valence-electron chi connectivity index (χ2n) is 5.74. The summed E-state index contributed by atoms with van der Waals surface area (Å²) >= 11 is 1.49. The fourth-order valence-corrected chi connectivity index (χ4v) is 3.79. The van der Waals surface area contributed by atoms with Crippen LogP contribution in [0.2, 0.25) is 0 Å². The Morgan fingerprint density at radius 3 is 2.50 bits per heavy atom. The molecule has 0 radical (unpaired) electrons. The van der Waals surface area contributed by atoms with E-state index in [2.05, 4.69) is 4.99 Å². The van der Waals surface area contributed by atoms with Crippen molar-refractivity contribution in [2.75, 3.05) is 13.2 Å². The third kappa shape index (κ3) is 3.96. The first-order valence-corrected chi connectivity index (χ1v) is 9.44.